The van der Waals surface area contributed by atoms with Crippen molar-refractivity contribution in [2.45, 2.75) is 32.6 Å². The van der Waals surface area contributed by atoms with Crippen LogP contribution in [0, 0.1) is 6.92 Å². The molecule has 22 heavy (non-hydrogen) atoms. The molecular weight excluding hydrogens is 284 g/mol. The first-order valence-electron chi connectivity index (χ1n) is 7.16. The smallest absolute Gasteiger partial charge is 0.328 e. The quantitative estimate of drug-likeness (QED) is 0.742. The van der Waals surface area contributed by atoms with E-state index < -0.39 is 17.4 Å². The van der Waals surface area contributed by atoms with Crippen molar-refractivity contribution < 1.29 is 9.84 Å². The minimum atomic E-state index is -0.709. The number of nitrogens with one attached hydrogen (secondary N) is 1. The van der Waals surface area contributed by atoms with Gasteiger partial charge in [0.05, 0.1) is 19.3 Å². The summed E-state index contributed by atoms with van der Waals surface area (Å²) in [5, 5.41) is 9.95. The Bertz CT molecular complexity index is 706. The monoisotopic (exact) mass is 304 g/mol. The number of hydrogen-bond donors (Lipinski definition) is 2. The molecule has 6 heteroatoms. The van der Waals surface area contributed by atoms with E-state index in [1.165, 1.54) is 10.8 Å². The maximum Gasteiger partial charge on any atom is 0.328 e. The number of ether oxygens (including phenoxy) is 1. The average molecular weight is 304 g/mol. The summed E-state index contributed by atoms with van der Waals surface area (Å²) in [5.41, 5.74) is 0.596. The van der Waals surface area contributed by atoms with E-state index in [0.29, 0.717) is 25.2 Å². The molecule has 1 unspecified atom stereocenters. The first kappa shape index (κ1) is 16.2. The molecule has 2 rings (SSSR count). The van der Waals surface area contributed by atoms with Crippen LogP contribution in [0.3, 0.4) is 0 Å². The summed E-state index contributed by atoms with van der Waals surface area (Å²) in [6.45, 7) is 2.63. The molecule has 118 valence electrons. The molecule has 2 aromatic rings. The summed E-state index contributed by atoms with van der Waals surface area (Å²) in [4.78, 5) is 25.1. The lowest BCUT2D eigenvalue weighted by Gasteiger charge is -2.13. The van der Waals surface area contributed by atoms with Gasteiger partial charge in [-0.25, -0.2) is 4.79 Å². The SMILES string of the molecule is Cc1cn(CC(O)CCOCc2ccccc2)c(=O)[nH]c1=O. The van der Waals surface area contributed by atoms with E-state index >= 15 is 0 Å². The van der Waals surface area contributed by atoms with E-state index in [2.05, 4.69) is 4.98 Å². The van der Waals surface area contributed by atoms with E-state index in [1.54, 1.807) is 6.92 Å². The zero-order valence-corrected chi connectivity index (χ0v) is 12.5. The van der Waals surface area contributed by atoms with Gasteiger partial charge in [-0.1, -0.05) is 30.3 Å². The van der Waals surface area contributed by atoms with Gasteiger partial charge in [-0.15, -0.1) is 0 Å². The van der Waals surface area contributed by atoms with Crippen LogP contribution in [0.25, 0.3) is 0 Å². The molecule has 0 aliphatic carbocycles. The second-order valence-electron chi connectivity index (χ2n) is 5.20. The van der Waals surface area contributed by atoms with Gasteiger partial charge in [0.1, 0.15) is 0 Å². The molecular formula is C16H20N2O4. The Balaban J connectivity index is 1.79. The highest BCUT2D eigenvalue weighted by Crippen LogP contribution is 2.02. The van der Waals surface area contributed by atoms with Crippen LogP contribution in [0.1, 0.15) is 17.5 Å². The molecule has 0 aliphatic heterocycles. The van der Waals surface area contributed by atoms with Crippen molar-refractivity contribution in [3.05, 3.63) is 68.5 Å². The van der Waals surface area contributed by atoms with Crippen LogP contribution in [-0.2, 0) is 17.9 Å². The summed E-state index contributed by atoms with van der Waals surface area (Å²) >= 11 is 0. The highest BCUT2D eigenvalue weighted by Gasteiger charge is 2.08. The molecule has 1 aromatic heterocycles. The van der Waals surface area contributed by atoms with Crippen LogP contribution < -0.4 is 11.2 Å². The lowest BCUT2D eigenvalue weighted by atomic mass is 10.2. The lowest BCUT2D eigenvalue weighted by molar-refractivity contribution is 0.0657. The predicted molar refractivity (Wildman–Crippen MR) is 82.8 cm³/mol. The first-order valence-corrected chi connectivity index (χ1v) is 7.16. The largest absolute Gasteiger partial charge is 0.391 e. The third-order valence-corrected chi connectivity index (χ3v) is 3.30. The topological polar surface area (TPSA) is 84.3 Å². The van der Waals surface area contributed by atoms with Crippen molar-refractivity contribution in [2.24, 2.45) is 0 Å². The van der Waals surface area contributed by atoms with Crippen LogP contribution in [0.5, 0.6) is 0 Å². The Morgan fingerprint density at radius 3 is 2.73 bits per heavy atom. The fraction of sp³-hybridized carbons (Fsp3) is 0.375. The zero-order valence-electron chi connectivity index (χ0n) is 12.5. The molecule has 0 saturated heterocycles. The molecule has 0 radical (unpaired) electrons. The summed E-state index contributed by atoms with van der Waals surface area (Å²) < 4.78 is 6.80. The maximum atomic E-state index is 11.6. The van der Waals surface area contributed by atoms with Crippen LogP contribution >= 0.6 is 0 Å². The van der Waals surface area contributed by atoms with Crippen molar-refractivity contribution in [1.29, 1.82) is 0 Å². The van der Waals surface area contributed by atoms with Gasteiger partial charge in [0, 0.05) is 18.4 Å². The van der Waals surface area contributed by atoms with Crippen LogP contribution in [0.4, 0.5) is 0 Å². The number of aromatic amines is 1. The number of aryl methyl sites for hydroxylation is 1. The van der Waals surface area contributed by atoms with E-state index in [9.17, 15) is 14.7 Å². The minimum Gasteiger partial charge on any atom is -0.391 e. The van der Waals surface area contributed by atoms with Crippen LogP contribution in [0.15, 0.2) is 46.1 Å². The minimum absolute atomic E-state index is 0.130. The van der Waals surface area contributed by atoms with E-state index in [-0.39, 0.29) is 6.54 Å². The zero-order chi connectivity index (χ0) is 15.9. The molecule has 1 atom stereocenters. The fourth-order valence-electron chi connectivity index (χ4n) is 2.06. The number of aliphatic hydroxyl groups excluding tert-OH is 1. The molecule has 1 aromatic carbocycles. The molecule has 0 amide bonds. The summed E-state index contributed by atoms with van der Waals surface area (Å²) in [7, 11) is 0. The molecule has 6 nitrogen and oxygen atoms in total. The number of H-pyrrole nitrogens is 1. The lowest BCUT2D eigenvalue weighted by Crippen LogP contribution is -2.34. The highest BCUT2D eigenvalue weighted by atomic mass is 16.5. The van der Waals surface area contributed by atoms with Gasteiger partial charge in [0.2, 0.25) is 0 Å². The van der Waals surface area contributed by atoms with Gasteiger partial charge >= 0.3 is 5.69 Å². The van der Waals surface area contributed by atoms with Gasteiger partial charge in [0.25, 0.3) is 5.56 Å². The predicted octanol–water partition coefficient (Wildman–Crippen LogP) is 0.813. The van der Waals surface area contributed by atoms with E-state index in [1.807, 2.05) is 30.3 Å². The van der Waals surface area contributed by atoms with Gasteiger partial charge in [-0.2, -0.15) is 0 Å². The van der Waals surface area contributed by atoms with Crippen molar-refractivity contribution in [3.8, 4) is 0 Å². The van der Waals surface area contributed by atoms with Crippen LogP contribution in [0.2, 0.25) is 0 Å². The Kier molecular flexibility index (Phi) is 5.68. The Morgan fingerprint density at radius 1 is 1.27 bits per heavy atom. The maximum absolute atomic E-state index is 11.6. The van der Waals surface area contributed by atoms with Gasteiger partial charge in [-0.3, -0.25) is 14.3 Å². The van der Waals surface area contributed by atoms with Gasteiger partial charge in [0.15, 0.2) is 0 Å². The third-order valence-electron chi connectivity index (χ3n) is 3.30. The summed E-state index contributed by atoms with van der Waals surface area (Å²) in [5.74, 6) is 0. The van der Waals surface area contributed by atoms with Crippen LogP contribution in [-0.4, -0.2) is 27.4 Å². The van der Waals surface area contributed by atoms with Crippen molar-refractivity contribution in [2.75, 3.05) is 6.61 Å². The number of aromatic nitrogens is 2. The highest BCUT2D eigenvalue weighted by molar-refractivity contribution is 5.13. The Hall–Kier alpha value is -2.18. The standard InChI is InChI=1S/C16H20N2O4/c1-12-9-18(16(21)17-15(12)20)10-14(19)7-8-22-11-13-5-3-2-4-6-13/h2-6,9,14,19H,7-8,10-11H2,1H3,(H,17,20,21). The van der Waals surface area contributed by atoms with Crippen molar-refractivity contribution in [1.82, 2.24) is 9.55 Å². The normalized spacial score (nSPS) is 12.3. The molecule has 0 saturated carbocycles. The van der Waals surface area contributed by atoms with Gasteiger partial charge < -0.3 is 9.84 Å². The fourth-order valence-corrected chi connectivity index (χ4v) is 2.06. The number of benzene rings is 1. The summed E-state index contributed by atoms with van der Waals surface area (Å²) in [6, 6.07) is 9.77. The molecule has 1 heterocycles. The summed E-state index contributed by atoms with van der Waals surface area (Å²) in [6.07, 6.45) is 1.16. The Morgan fingerprint density at radius 2 is 2.00 bits per heavy atom. The number of rotatable bonds is 7. The number of nitrogens with zero attached hydrogens (tertiary/aromatic N) is 1. The molecule has 0 aliphatic rings. The molecule has 2 N–H and O–H groups in total. The molecule has 0 bridgehead atoms. The first-order chi connectivity index (χ1) is 10.6. The number of hydrogen-bond acceptors (Lipinski definition) is 4. The van der Waals surface area contributed by atoms with Crippen molar-refractivity contribution >= 4 is 0 Å². The third kappa shape index (κ3) is 4.68. The Labute approximate surface area is 128 Å². The molecule has 0 spiro atoms. The second kappa shape index (κ2) is 7.72. The van der Waals surface area contributed by atoms with Crippen molar-refractivity contribution in [3.63, 3.8) is 0 Å². The second-order valence-corrected chi connectivity index (χ2v) is 5.20. The average Bonchev–Trinajstić information content (AvgIpc) is 2.50. The van der Waals surface area contributed by atoms with E-state index in [4.69, 9.17) is 4.74 Å². The van der Waals surface area contributed by atoms with Gasteiger partial charge in [-0.05, 0) is 18.9 Å². The molecule has 0 fully saturated rings. The van der Waals surface area contributed by atoms with E-state index in [0.717, 1.165) is 5.56 Å². The number of aliphatic hydroxyl groups is 1.